The van der Waals surface area contributed by atoms with Gasteiger partial charge in [-0.2, -0.15) is 0 Å². The van der Waals surface area contributed by atoms with Crippen molar-refractivity contribution in [3.8, 4) is 5.75 Å². The van der Waals surface area contributed by atoms with E-state index in [1.807, 2.05) is 6.07 Å². The molecular weight excluding hydrogens is 388 g/mol. The monoisotopic (exact) mass is 398 g/mol. The molecule has 0 heterocycles. The number of carbonyl (C=O) groups excluding carboxylic acids is 1. The van der Waals surface area contributed by atoms with Crippen LogP contribution in [0.25, 0.3) is 0 Å². The van der Waals surface area contributed by atoms with Crippen LogP contribution in [0.5, 0.6) is 5.75 Å². The number of ether oxygens (including phenoxy) is 1. The third-order valence-electron chi connectivity index (χ3n) is 2.68. The lowest BCUT2D eigenvalue weighted by molar-refractivity contribution is 0.102. The first-order valence-electron chi connectivity index (χ1n) is 5.72. The van der Waals surface area contributed by atoms with Crippen LogP contribution in [-0.2, 0) is 0 Å². The summed E-state index contributed by atoms with van der Waals surface area (Å²) in [4.78, 5) is 12.2. The summed E-state index contributed by atoms with van der Waals surface area (Å²) < 4.78 is 6.60. The predicted octanol–water partition coefficient (Wildman–Crippen LogP) is 4.05. The minimum absolute atomic E-state index is 0.242. The van der Waals surface area contributed by atoms with Crippen molar-refractivity contribution >= 4 is 49.1 Å². The van der Waals surface area contributed by atoms with Crippen LogP contribution in [0, 0.1) is 0 Å². The number of rotatable bonds is 3. The predicted molar refractivity (Wildman–Crippen MR) is 87.2 cm³/mol. The lowest BCUT2D eigenvalue weighted by Crippen LogP contribution is -2.13. The van der Waals surface area contributed by atoms with Crippen molar-refractivity contribution in [3.05, 3.63) is 50.9 Å². The first-order chi connectivity index (χ1) is 9.52. The molecule has 0 saturated carbocycles. The molecular formula is C14H12Br2N2O2. The smallest absolute Gasteiger partial charge is 0.256 e. The Kier molecular flexibility index (Phi) is 4.67. The Labute approximate surface area is 133 Å². The summed E-state index contributed by atoms with van der Waals surface area (Å²) in [5.74, 6) is 0.406. The zero-order valence-corrected chi connectivity index (χ0v) is 13.8. The van der Waals surface area contributed by atoms with Gasteiger partial charge < -0.3 is 15.8 Å². The maximum absolute atomic E-state index is 12.2. The van der Waals surface area contributed by atoms with Crippen LogP contribution in [0.1, 0.15) is 10.4 Å². The van der Waals surface area contributed by atoms with E-state index in [0.29, 0.717) is 27.2 Å². The van der Waals surface area contributed by atoms with Gasteiger partial charge in [0.1, 0.15) is 5.75 Å². The van der Waals surface area contributed by atoms with Crippen LogP contribution in [0.2, 0.25) is 0 Å². The second-order valence-corrected chi connectivity index (χ2v) is 5.66. The normalized spacial score (nSPS) is 10.2. The number of amides is 1. The Morgan fingerprint density at radius 1 is 1.25 bits per heavy atom. The number of nitrogens with one attached hydrogen (secondary N) is 1. The number of benzene rings is 2. The Balaban J connectivity index is 2.26. The molecule has 0 aliphatic carbocycles. The fourth-order valence-corrected chi connectivity index (χ4v) is 2.51. The van der Waals surface area contributed by atoms with Crippen LogP contribution < -0.4 is 15.8 Å². The van der Waals surface area contributed by atoms with Crippen molar-refractivity contribution in [2.45, 2.75) is 0 Å². The Morgan fingerprint density at radius 2 is 2.00 bits per heavy atom. The minimum atomic E-state index is -0.242. The molecule has 2 aromatic carbocycles. The summed E-state index contributed by atoms with van der Waals surface area (Å²) in [5.41, 5.74) is 7.41. The van der Waals surface area contributed by atoms with Crippen molar-refractivity contribution in [1.29, 1.82) is 0 Å². The second-order valence-electron chi connectivity index (χ2n) is 4.01. The second kappa shape index (κ2) is 6.28. The summed E-state index contributed by atoms with van der Waals surface area (Å²) >= 11 is 6.68. The van der Waals surface area contributed by atoms with E-state index in [2.05, 4.69) is 37.2 Å². The molecule has 0 aliphatic rings. The van der Waals surface area contributed by atoms with Gasteiger partial charge in [-0.15, -0.1) is 0 Å². The Morgan fingerprint density at radius 3 is 2.70 bits per heavy atom. The van der Waals surface area contributed by atoms with Gasteiger partial charge in [-0.25, -0.2) is 0 Å². The van der Waals surface area contributed by atoms with Crippen molar-refractivity contribution in [1.82, 2.24) is 0 Å². The van der Waals surface area contributed by atoms with Gasteiger partial charge in [0.05, 0.1) is 21.6 Å². The van der Waals surface area contributed by atoms with E-state index >= 15 is 0 Å². The Hall–Kier alpha value is -1.53. The molecule has 6 heteroatoms. The van der Waals surface area contributed by atoms with Crippen molar-refractivity contribution in [3.63, 3.8) is 0 Å². The molecule has 2 rings (SSSR count). The SMILES string of the molecule is COc1cc(NC(=O)c2cccc(N)c2Br)ccc1Br. The average Bonchev–Trinajstić information content (AvgIpc) is 2.43. The summed E-state index contributed by atoms with van der Waals surface area (Å²) in [5, 5.41) is 2.80. The first-order valence-corrected chi connectivity index (χ1v) is 7.30. The van der Waals surface area contributed by atoms with Crippen LogP contribution in [0.4, 0.5) is 11.4 Å². The van der Waals surface area contributed by atoms with Crippen molar-refractivity contribution in [2.75, 3.05) is 18.2 Å². The zero-order valence-electron chi connectivity index (χ0n) is 10.6. The highest BCUT2D eigenvalue weighted by molar-refractivity contribution is 9.11. The van der Waals surface area contributed by atoms with Gasteiger partial charge in [0.15, 0.2) is 0 Å². The van der Waals surface area contributed by atoms with Gasteiger partial charge in [-0.3, -0.25) is 4.79 Å². The number of hydrogen-bond donors (Lipinski definition) is 2. The van der Waals surface area contributed by atoms with E-state index in [4.69, 9.17) is 10.5 Å². The van der Waals surface area contributed by atoms with Crippen LogP contribution >= 0.6 is 31.9 Å². The lowest BCUT2D eigenvalue weighted by atomic mass is 10.2. The van der Waals surface area contributed by atoms with Gasteiger partial charge in [0, 0.05) is 17.4 Å². The number of carbonyl (C=O) groups is 1. The van der Waals surface area contributed by atoms with Crippen LogP contribution in [-0.4, -0.2) is 13.0 Å². The Bertz CT molecular complexity index is 660. The number of anilines is 2. The molecule has 2 aromatic rings. The van der Waals surface area contributed by atoms with E-state index < -0.39 is 0 Å². The summed E-state index contributed by atoms with van der Waals surface area (Å²) in [7, 11) is 1.57. The summed E-state index contributed by atoms with van der Waals surface area (Å²) in [6.07, 6.45) is 0. The largest absolute Gasteiger partial charge is 0.495 e. The van der Waals surface area contributed by atoms with Gasteiger partial charge in [-0.05, 0) is 56.1 Å². The molecule has 3 N–H and O–H groups in total. The first kappa shape index (κ1) is 14.9. The van der Waals surface area contributed by atoms with Crippen LogP contribution in [0.15, 0.2) is 45.3 Å². The molecule has 0 aliphatic heterocycles. The zero-order chi connectivity index (χ0) is 14.7. The molecule has 1 amide bonds. The minimum Gasteiger partial charge on any atom is -0.495 e. The fourth-order valence-electron chi connectivity index (χ4n) is 1.66. The highest BCUT2D eigenvalue weighted by Gasteiger charge is 2.12. The molecule has 0 aromatic heterocycles. The average molecular weight is 400 g/mol. The standard InChI is InChI=1S/C14H12Br2N2O2/c1-20-12-7-8(5-6-10(12)15)18-14(19)9-3-2-4-11(17)13(9)16/h2-7H,17H2,1H3,(H,18,19). The molecule has 4 nitrogen and oxygen atoms in total. The van der Waals surface area contributed by atoms with Crippen LogP contribution in [0.3, 0.4) is 0 Å². The third kappa shape index (κ3) is 3.13. The molecule has 0 bridgehead atoms. The van der Waals surface area contributed by atoms with E-state index in [-0.39, 0.29) is 5.91 Å². The van der Waals surface area contributed by atoms with Crippen molar-refractivity contribution in [2.24, 2.45) is 0 Å². The van der Waals surface area contributed by atoms with E-state index in [9.17, 15) is 4.79 Å². The maximum Gasteiger partial charge on any atom is 0.256 e. The van der Waals surface area contributed by atoms with E-state index in [1.54, 1.807) is 37.4 Å². The lowest BCUT2D eigenvalue weighted by Gasteiger charge is -2.10. The number of nitrogen functional groups attached to an aromatic ring is 1. The highest BCUT2D eigenvalue weighted by Crippen LogP contribution is 2.29. The molecule has 0 spiro atoms. The quantitative estimate of drug-likeness (QED) is 0.765. The van der Waals surface area contributed by atoms with E-state index in [1.165, 1.54) is 0 Å². The molecule has 0 fully saturated rings. The molecule has 0 unspecified atom stereocenters. The van der Waals surface area contributed by atoms with Gasteiger partial charge in [0.2, 0.25) is 0 Å². The number of nitrogens with two attached hydrogens (primary N) is 1. The number of methoxy groups -OCH3 is 1. The van der Waals surface area contributed by atoms with E-state index in [0.717, 1.165) is 4.47 Å². The van der Waals surface area contributed by atoms with Crippen molar-refractivity contribution < 1.29 is 9.53 Å². The molecule has 0 radical (unpaired) electrons. The fraction of sp³-hybridized carbons (Fsp3) is 0.0714. The summed E-state index contributed by atoms with van der Waals surface area (Å²) in [6, 6.07) is 10.5. The molecule has 0 atom stereocenters. The third-order valence-corrected chi connectivity index (χ3v) is 4.22. The molecule has 0 saturated heterocycles. The maximum atomic E-state index is 12.2. The van der Waals surface area contributed by atoms with Gasteiger partial charge >= 0.3 is 0 Å². The topological polar surface area (TPSA) is 64.3 Å². The highest BCUT2D eigenvalue weighted by atomic mass is 79.9. The van der Waals surface area contributed by atoms with Gasteiger partial charge in [-0.1, -0.05) is 6.07 Å². The molecule has 20 heavy (non-hydrogen) atoms. The number of halogens is 2. The molecule has 104 valence electrons. The number of hydrogen-bond acceptors (Lipinski definition) is 3. The van der Waals surface area contributed by atoms with Gasteiger partial charge in [0.25, 0.3) is 5.91 Å². The summed E-state index contributed by atoms with van der Waals surface area (Å²) in [6.45, 7) is 0.